The first kappa shape index (κ1) is 18.3. The summed E-state index contributed by atoms with van der Waals surface area (Å²) in [7, 11) is 2.94. The Morgan fingerprint density at radius 2 is 2.08 bits per heavy atom. The maximum atomic E-state index is 12.1. The van der Waals surface area contributed by atoms with Crippen LogP contribution >= 0.6 is 24.0 Å². The molecule has 0 aliphatic carbocycles. The first-order valence-corrected chi connectivity index (χ1v) is 8.36. The molecule has 128 valence electrons. The maximum absolute atomic E-state index is 12.1. The molecule has 1 amide bonds. The van der Waals surface area contributed by atoms with E-state index < -0.39 is 5.97 Å². The third-order valence-corrected chi connectivity index (χ3v) is 4.61. The van der Waals surface area contributed by atoms with E-state index in [1.807, 2.05) is 6.92 Å². The second-order valence-corrected chi connectivity index (χ2v) is 6.42. The number of rotatable bonds is 6. The summed E-state index contributed by atoms with van der Waals surface area (Å²) in [4.78, 5) is 25.2. The number of amides is 1. The topological polar surface area (TPSA) is 65.1 Å². The molecule has 1 fully saturated rings. The summed E-state index contributed by atoms with van der Waals surface area (Å²) in [6.45, 7) is 2.08. The van der Waals surface area contributed by atoms with Gasteiger partial charge in [-0.25, -0.2) is 4.79 Å². The number of thiocarbonyl (C=S) groups is 1. The zero-order valence-electron chi connectivity index (χ0n) is 13.5. The molecular weight excluding hydrogens is 350 g/mol. The number of hydrogen-bond acceptors (Lipinski definition) is 7. The number of hydrogen-bond donors (Lipinski definition) is 0. The minimum atomic E-state index is -0.479. The van der Waals surface area contributed by atoms with E-state index in [0.717, 1.165) is 5.56 Å². The highest BCUT2D eigenvalue weighted by molar-refractivity contribution is 8.26. The molecule has 0 atom stereocenters. The lowest BCUT2D eigenvalue weighted by atomic mass is 10.2. The van der Waals surface area contributed by atoms with E-state index in [-0.39, 0.29) is 12.5 Å². The SMILES string of the molecule is CCOc1cc(/C=C2\SC(=S)N(C)C2=O)ccc1OCC(=O)OC. The lowest BCUT2D eigenvalue weighted by molar-refractivity contribution is -0.142. The molecule has 0 N–H and O–H groups in total. The van der Waals surface area contributed by atoms with Crippen molar-refractivity contribution in [2.24, 2.45) is 0 Å². The van der Waals surface area contributed by atoms with Gasteiger partial charge in [0.2, 0.25) is 0 Å². The number of methoxy groups -OCH3 is 1. The molecular formula is C16H17NO5S2. The molecule has 0 radical (unpaired) electrons. The van der Waals surface area contributed by atoms with Crippen LogP contribution in [0.5, 0.6) is 11.5 Å². The largest absolute Gasteiger partial charge is 0.490 e. The molecule has 2 rings (SSSR count). The first-order valence-electron chi connectivity index (χ1n) is 7.14. The van der Waals surface area contributed by atoms with Gasteiger partial charge < -0.3 is 14.2 Å². The predicted octanol–water partition coefficient (Wildman–Crippen LogP) is 2.47. The van der Waals surface area contributed by atoms with Crippen molar-refractivity contribution in [2.45, 2.75) is 6.92 Å². The van der Waals surface area contributed by atoms with Crippen LogP contribution in [0.25, 0.3) is 6.08 Å². The molecule has 1 aromatic rings. The van der Waals surface area contributed by atoms with Crippen LogP contribution < -0.4 is 9.47 Å². The third-order valence-electron chi connectivity index (χ3n) is 3.13. The van der Waals surface area contributed by atoms with Gasteiger partial charge in [-0.05, 0) is 30.7 Å². The number of ether oxygens (including phenoxy) is 3. The van der Waals surface area contributed by atoms with Crippen LogP contribution in [0.2, 0.25) is 0 Å². The summed E-state index contributed by atoms with van der Waals surface area (Å²) in [5, 5.41) is 0. The monoisotopic (exact) mass is 367 g/mol. The Balaban J connectivity index is 2.23. The molecule has 0 spiro atoms. The van der Waals surface area contributed by atoms with Gasteiger partial charge in [0.15, 0.2) is 18.1 Å². The van der Waals surface area contributed by atoms with Crippen LogP contribution in [0.4, 0.5) is 0 Å². The van der Waals surface area contributed by atoms with E-state index in [9.17, 15) is 9.59 Å². The normalized spacial score (nSPS) is 15.8. The van der Waals surface area contributed by atoms with Gasteiger partial charge >= 0.3 is 5.97 Å². The summed E-state index contributed by atoms with van der Waals surface area (Å²) >= 11 is 6.36. The van der Waals surface area contributed by atoms with E-state index in [2.05, 4.69) is 4.74 Å². The number of nitrogens with zero attached hydrogens (tertiary/aromatic N) is 1. The summed E-state index contributed by atoms with van der Waals surface area (Å²) in [6, 6.07) is 5.21. The average Bonchev–Trinajstić information content (AvgIpc) is 2.81. The summed E-state index contributed by atoms with van der Waals surface area (Å²) in [6.07, 6.45) is 1.75. The van der Waals surface area contributed by atoms with Crippen molar-refractivity contribution in [1.29, 1.82) is 0 Å². The fourth-order valence-corrected chi connectivity index (χ4v) is 3.07. The van der Waals surface area contributed by atoms with E-state index in [4.69, 9.17) is 21.7 Å². The number of esters is 1. The predicted molar refractivity (Wildman–Crippen MR) is 96.1 cm³/mol. The Morgan fingerprint density at radius 3 is 2.67 bits per heavy atom. The Labute approximate surface area is 149 Å². The van der Waals surface area contributed by atoms with Gasteiger partial charge in [-0.3, -0.25) is 9.69 Å². The summed E-state index contributed by atoms with van der Waals surface area (Å²) in [5.41, 5.74) is 0.776. The number of likely N-dealkylation sites (N-methyl/N-ethyl adjacent to an activating group) is 1. The average molecular weight is 367 g/mol. The second-order valence-electron chi connectivity index (χ2n) is 4.74. The second kappa shape index (κ2) is 8.16. The summed E-state index contributed by atoms with van der Waals surface area (Å²) in [5.74, 6) is 0.312. The van der Waals surface area contributed by atoms with Crippen molar-refractivity contribution in [3.05, 3.63) is 28.7 Å². The number of benzene rings is 1. The number of carbonyl (C=O) groups excluding carboxylic acids is 2. The molecule has 0 saturated carbocycles. The molecule has 24 heavy (non-hydrogen) atoms. The minimum absolute atomic E-state index is 0.131. The fourth-order valence-electron chi connectivity index (χ4n) is 1.89. The highest BCUT2D eigenvalue weighted by atomic mass is 32.2. The van der Waals surface area contributed by atoms with Crippen LogP contribution in [0.15, 0.2) is 23.1 Å². The molecule has 1 heterocycles. The van der Waals surface area contributed by atoms with Crippen molar-refractivity contribution >= 4 is 46.3 Å². The van der Waals surface area contributed by atoms with Gasteiger partial charge in [-0.2, -0.15) is 0 Å². The number of thioether (sulfide) groups is 1. The Morgan fingerprint density at radius 1 is 1.33 bits per heavy atom. The van der Waals surface area contributed by atoms with Crippen molar-refractivity contribution in [2.75, 3.05) is 27.4 Å². The highest BCUT2D eigenvalue weighted by Crippen LogP contribution is 2.34. The van der Waals surface area contributed by atoms with Crippen LogP contribution in [0.3, 0.4) is 0 Å². The highest BCUT2D eigenvalue weighted by Gasteiger charge is 2.28. The smallest absolute Gasteiger partial charge is 0.343 e. The molecule has 0 bridgehead atoms. The molecule has 0 aromatic heterocycles. The van der Waals surface area contributed by atoms with Gasteiger partial charge in [0, 0.05) is 7.05 Å². The van der Waals surface area contributed by atoms with Gasteiger partial charge in [-0.15, -0.1) is 0 Å². The van der Waals surface area contributed by atoms with E-state index in [1.54, 1.807) is 31.3 Å². The standard InChI is InChI=1S/C16H17NO5S2/c1-4-21-12-7-10(5-6-11(12)22-9-14(18)20-3)8-13-15(19)17(2)16(23)24-13/h5-8H,4,9H2,1-3H3/b13-8-. The molecule has 1 saturated heterocycles. The van der Waals surface area contributed by atoms with Crippen molar-refractivity contribution in [3.63, 3.8) is 0 Å². The molecule has 6 nitrogen and oxygen atoms in total. The van der Waals surface area contributed by atoms with Crippen LogP contribution in [0.1, 0.15) is 12.5 Å². The van der Waals surface area contributed by atoms with Crippen molar-refractivity contribution in [3.8, 4) is 11.5 Å². The van der Waals surface area contributed by atoms with E-state index in [1.165, 1.54) is 23.8 Å². The molecule has 0 unspecified atom stereocenters. The number of carbonyl (C=O) groups is 2. The lowest BCUT2D eigenvalue weighted by Crippen LogP contribution is -2.22. The van der Waals surface area contributed by atoms with Gasteiger partial charge in [-0.1, -0.05) is 30.0 Å². The lowest BCUT2D eigenvalue weighted by Gasteiger charge is -2.12. The van der Waals surface area contributed by atoms with Gasteiger partial charge in [0.25, 0.3) is 5.91 Å². The van der Waals surface area contributed by atoms with Crippen LogP contribution in [-0.2, 0) is 14.3 Å². The van der Waals surface area contributed by atoms with Crippen molar-refractivity contribution in [1.82, 2.24) is 4.90 Å². The zero-order chi connectivity index (χ0) is 17.7. The van der Waals surface area contributed by atoms with E-state index in [0.29, 0.717) is 27.3 Å². The Kier molecular flexibility index (Phi) is 6.22. The first-order chi connectivity index (χ1) is 11.5. The van der Waals surface area contributed by atoms with Gasteiger partial charge in [0.1, 0.15) is 4.32 Å². The van der Waals surface area contributed by atoms with Crippen molar-refractivity contribution < 1.29 is 23.8 Å². The van der Waals surface area contributed by atoms with Gasteiger partial charge in [0.05, 0.1) is 18.6 Å². The maximum Gasteiger partial charge on any atom is 0.343 e. The zero-order valence-corrected chi connectivity index (χ0v) is 15.2. The van der Waals surface area contributed by atoms with Crippen LogP contribution in [0, 0.1) is 0 Å². The summed E-state index contributed by atoms with van der Waals surface area (Å²) < 4.78 is 16.0. The molecule has 1 aromatic carbocycles. The van der Waals surface area contributed by atoms with Crippen LogP contribution in [-0.4, -0.2) is 48.5 Å². The fraction of sp³-hybridized carbons (Fsp3) is 0.312. The Hall–Kier alpha value is -2.06. The molecule has 1 aliphatic rings. The minimum Gasteiger partial charge on any atom is -0.490 e. The molecule has 8 heteroatoms. The molecule has 1 aliphatic heterocycles. The Bertz CT molecular complexity index is 702. The third kappa shape index (κ3) is 4.27. The quantitative estimate of drug-likeness (QED) is 0.435. The van der Waals surface area contributed by atoms with E-state index >= 15 is 0 Å².